The Morgan fingerprint density at radius 3 is 2.39 bits per heavy atom. The highest BCUT2D eigenvalue weighted by atomic mass is 15.1. The van der Waals surface area contributed by atoms with Gasteiger partial charge in [0.05, 0.1) is 0 Å². The Bertz CT molecular complexity index is 508. The summed E-state index contributed by atoms with van der Waals surface area (Å²) in [4.78, 5) is 12.8. The van der Waals surface area contributed by atoms with Gasteiger partial charge in [-0.3, -0.25) is 0 Å². The van der Waals surface area contributed by atoms with Crippen LogP contribution in [0.2, 0.25) is 0 Å². The van der Waals surface area contributed by atoms with Crippen molar-refractivity contribution in [2.45, 2.75) is 32.6 Å². The summed E-state index contributed by atoms with van der Waals surface area (Å²) in [6.45, 7) is 4.10. The first-order chi connectivity index (χ1) is 8.65. The Kier molecular flexibility index (Phi) is 3.87. The predicted molar refractivity (Wildman–Crippen MR) is 72.2 cm³/mol. The second kappa shape index (κ2) is 5.58. The topological polar surface area (TPSA) is 64.7 Å². The maximum Gasteiger partial charge on any atom is 0.223 e. The number of rotatable bonds is 4. The number of hydrogen-bond acceptors (Lipinski definition) is 4. The van der Waals surface area contributed by atoms with Crippen LogP contribution in [0.25, 0.3) is 0 Å². The van der Waals surface area contributed by atoms with E-state index in [1.54, 1.807) is 0 Å². The second-order valence-corrected chi connectivity index (χ2v) is 4.61. The fourth-order valence-electron chi connectivity index (χ4n) is 1.73. The molecule has 0 spiro atoms. The number of nitrogen functional groups attached to an aromatic ring is 1. The van der Waals surface area contributed by atoms with Crippen molar-refractivity contribution in [1.82, 2.24) is 15.0 Å². The molecule has 0 amide bonds. The maximum atomic E-state index is 5.70. The van der Waals surface area contributed by atoms with Crippen LogP contribution in [0, 0.1) is 0 Å². The van der Waals surface area contributed by atoms with E-state index in [2.05, 4.69) is 40.9 Å². The standard InChI is InChI=1S/C14H18N4/c1-10(2)13-16-12(17-14(15)18-13)9-8-11-6-4-3-5-7-11/h3-7,10H,8-9H2,1-2H3,(H2,15,16,17,18). The van der Waals surface area contributed by atoms with Gasteiger partial charge in [0, 0.05) is 12.3 Å². The summed E-state index contributed by atoms with van der Waals surface area (Å²) < 4.78 is 0. The minimum atomic E-state index is 0.269. The van der Waals surface area contributed by atoms with Crippen molar-refractivity contribution in [1.29, 1.82) is 0 Å². The number of hydrogen-bond donors (Lipinski definition) is 1. The van der Waals surface area contributed by atoms with Crippen molar-refractivity contribution in [3.8, 4) is 0 Å². The predicted octanol–water partition coefficient (Wildman–Crippen LogP) is 2.36. The fourth-order valence-corrected chi connectivity index (χ4v) is 1.73. The Hall–Kier alpha value is -1.97. The minimum absolute atomic E-state index is 0.269. The Morgan fingerprint density at radius 1 is 1.00 bits per heavy atom. The molecular weight excluding hydrogens is 224 g/mol. The van der Waals surface area contributed by atoms with Crippen LogP contribution in [0.1, 0.15) is 37.0 Å². The third-order valence-corrected chi connectivity index (χ3v) is 2.71. The summed E-state index contributed by atoms with van der Waals surface area (Å²) in [5.41, 5.74) is 6.98. The summed E-state index contributed by atoms with van der Waals surface area (Å²) in [6.07, 6.45) is 1.71. The van der Waals surface area contributed by atoms with E-state index >= 15 is 0 Å². The Balaban J connectivity index is 2.10. The number of nitrogens with two attached hydrogens (primary N) is 1. The van der Waals surface area contributed by atoms with Gasteiger partial charge in [0.2, 0.25) is 5.95 Å². The van der Waals surface area contributed by atoms with Gasteiger partial charge < -0.3 is 5.73 Å². The van der Waals surface area contributed by atoms with Crippen LogP contribution in [-0.4, -0.2) is 15.0 Å². The molecule has 0 bridgehead atoms. The van der Waals surface area contributed by atoms with E-state index in [0.717, 1.165) is 24.5 Å². The Labute approximate surface area is 107 Å². The molecule has 0 aliphatic heterocycles. The van der Waals surface area contributed by atoms with E-state index in [9.17, 15) is 0 Å². The van der Waals surface area contributed by atoms with Crippen LogP contribution in [-0.2, 0) is 12.8 Å². The van der Waals surface area contributed by atoms with Gasteiger partial charge in [-0.15, -0.1) is 0 Å². The molecule has 4 heteroatoms. The van der Waals surface area contributed by atoms with E-state index in [1.165, 1.54) is 5.56 Å². The number of nitrogens with zero attached hydrogens (tertiary/aromatic N) is 3. The summed E-state index contributed by atoms with van der Waals surface area (Å²) in [7, 11) is 0. The van der Waals surface area contributed by atoms with E-state index in [4.69, 9.17) is 5.73 Å². The molecule has 0 aliphatic rings. The molecule has 1 aromatic carbocycles. The van der Waals surface area contributed by atoms with Gasteiger partial charge in [0.25, 0.3) is 0 Å². The minimum Gasteiger partial charge on any atom is -0.368 e. The molecule has 0 saturated heterocycles. The van der Waals surface area contributed by atoms with Gasteiger partial charge in [-0.1, -0.05) is 44.2 Å². The van der Waals surface area contributed by atoms with Gasteiger partial charge >= 0.3 is 0 Å². The molecule has 0 radical (unpaired) electrons. The number of anilines is 1. The number of aromatic nitrogens is 3. The lowest BCUT2D eigenvalue weighted by Gasteiger charge is -2.07. The van der Waals surface area contributed by atoms with E-state index in [-0.39, 0.29) is 5.92 Å². The van der Waals surface area contributed by atoms with Crippen LogP contribution in [0.5, 0.6) is 0 Å². The molecule has 1 aromatic heterocycles. The highest BCUT2D eigenvalue weighted by molar-refractivity contribution is 5.19. The third-order valence-electron chi connectivity index (χ3n) is 2.71. The van der Waals surface area contributed by atoms with Crippen molar-refractivity contribution in [2.24, 2.45) is 0 Å². The molecule has 2 rings (SSSR count). The summed E-state index contributed by atoms with van der Waals surface area (Å²) >= 11 is 0. The highest BCUT2D eigenvalue weighted by Gasteiger charge is 2.07. The van der Waals surface area contributed by atoms with Crippen LogP contribution in [0.4, 0.5) is 5.95 Å². The zero-order valence-corrected chi connectivity index (χ0v) is 10.8. The zero-order chi connectivity index (χ0) is 13.0. The van der Waals surface area contributed by atoms with Crippen molar-refractivity contribution in [3.63, 3.8) is 0 Å². The largest absolute Gasteiger partial charge is 0.368 e. The van der Waals surface area contributed by atoms with Crippen molar-refractivity contribution >= 4 is 5.95 Å². The quantitative estimate of drug-likeness (QED) is 0.893. The molecular formula is C14H18N4. The van der Waals surface area contributed by atoms with Crippen LogP contribution in [0.15, 0.2) is 30.3 Å². The smallest absolute Gasteiger partial charge is 0.223 e. The number of aryl methyl sites for hydroxylation is 2. The van der Waals surface area contributed by atoms with Crippen molar-refractivity contribution < 1.29 is 0 Å². The lowest BCUT2D eigenvalue weighted by molar-refractivity contribution is 0.728. The Morgan fingerprint density at radius 2 is 1.72 bits per heavy atom. The van der Waals surface area contributed by atoms with Crippen LogP contribution >= 0.6 is 0 Å². The van der Waals surface area contributed by atoms with E-state index in [1.807, 2.05) is 18.2 Å². The summed E-state index contributed by atoms with van der Waals surface area (Å²) in [5, 5.41) is 0. The van der Waals surface area contributed by atoms with E-state index in [0.29, 0.717) is 5.95 Å². The SMILES string of the molecule is CC(C)c1nc(N)nc(CCc2ccccc2)n1. The normalized spacial score (nSPS) is 10.8. The second-order valence-electron chi connectivity index (χ2n) is 4.61. The van der Waals surface area contributed by atoms with Crippen molar-refractivity contribution in [3.05, 3.63) is 47.5 Å². The molecule has 1 heterocycles. The lowest BCUT2D eigenvalue weighted by Crippen LogP contribution is -2.09. The molecule has 2 N–H and O–H groups in total. The first kappa shape index (κ1) is 12.5. The van der Waals surface area contributed by atoms with Gasteiger partial charge in [0.15, 0.2) is 0 Å². The third kappa shape index (κ3) is 3.26. The van der Waals surface area contributed by atoms with Crippen LogP contribution in [0.3, 0.4) is 0 Å². The molecule has 0 fully saturated rings. The summed E-state index contributed by atoms with van der Waals surface area (Å²) in [6, 6.07) is 10.3. The average molecular weight is 242 g/mol. The first-order valence-corrected chi connectivity index (χ1v) is 6.19. The van der Waals surface area contributed by atoms with Gasteiger partial charge in [0.1, 0.15) is 11.6 Å². The van der Waals surface area contributed by atoms with Gasteiger partial charge in [-0.2, -0.15) is 9.97 Å². The molecule has 0 unspecified atom stereocenters. The molecule has 18 heavy (non-hydrogen) atoms. The monoisotopic (exact) mass is 242 g/mol. The molecule has 0 saturated carbocycles. The maximum absolute atomic E-state index is 5.70. The van der Waals surface area contributed by atoms with Crippen molar-refractivity contribution in [2.75, 3.05) is 5.73 Å². The summed E-state index contributed by atoms with van der Waals surface area (Å²) in [5.74, 6) is 2.13. The first-order valence-electron chi connectivity index (χ1n) is 6.19. The molecule has 4 nitrogen and oxygen atoms in total. The van der Waals surface area contributed by atoms with Gasteiger partial charge in [-0.05, 0) is 12.0 Å². The average Bonchev–Trinajstić information content (AvgIpc) is 2.37. The number of benzene rings is 1. The molecule has 0 aliphatic carbocycles. The molecule has 94 valence electrons. The fraction of sp³-hybridized carbons (Fsp3) is 0.357. The lowest BCUT2D eigenvalue weighted by atomic mass is 10.1. The van der Waals surface area contributed by atoms with E-state index < -0.39 is 0 Å². The van der Waals surface area contributed by atoms with Gasteiger partial charge in [-0.25, -0.2) is 4.98 Å². The van der Waals surface area contributed by atoms with Crippen LogP contribution < -0.4 is 5.73 Å². The molecule has 0 atom stereocenters. The zero-order valence-electron chi connectivity index (χ0n) is 10.8. The highest BCUT2D eigenvalue weighted by Crippen LogP contribution is 2.11. The molecule has 2 aromatic rings.